The van der Waals surface area contributed by atoms with Crippen molar-refractivity contribution >= 4 is 27.5 Å². The molecule has 0 aliphatic rings. The summed E-state index contributed by atoms with van der Waals surface area (Å²) < 4.78 is 40.5. The van der Waals surface area contributed by atoms with Crippen LogP contribution in [0.3, 0.4) is 0 Å². The molecule has 0 aliphatic carbocycles. The van der Waals surface area contributed by atoms with Gasteiger partial charge >= 0.3 is 6.18 Å². The molecule has 1 aromatic rings. The first-order chi connectivity index (χ1) is 8.38. The molecular weight excluding hydrogens is 334 g/mol. The Hall–Kier alpha value is -0.300. The first-order valence-electron chi connectivity index (χ1n) is 5.17. The van der Waals surface area contributed by atoms with Crippen molar-refractivity contribution in [2.75, 3.05) is 19.8 Å². The third kappa shape index (κ3) is 6.58. The zero-order chi connectivity index (χ0) is 13.6. The SMILES string of the molecule is FC(F)(F)COCCNCc1ccc(Cl)c(Br)c1. The summed E-state index contributed by atoms with van der Waals surface area (Å²) in [6, 6.07) is 5.45. The normalized spacial score (nSPS) is 11.8. The van der Waals surface area contributed by atoms with Crippen LogP contribution in [0, 0.1) is 0 Å². The van der Waals surface area contributed by atoms with Gasteiger partial charge in [-0.05, 0) is 33.6 Å². The van der Waals surface area contributed by atoms with Crippen LogP contribution >= 0.6 is 27.5 Å². The molecule has 0 saturated heterocycles. The van der Waals surface area contributed by atoms with E-state index in [1.54, 1.807) is 6.07 Å². The molecule has 0 fully saturated rings. The lowest BCUT2D eigenvalue weighted by molar-refractivity contribution is -0.173. The molecule has 102 valence electrons. The standard InChI is InChI=1S/C11H12BrClF3NO/c12-9-5-8(1-2-10(9)13)6-17-3-4-18-7-11(14,15)16/h1-2,5,17H,3-4,6-7H2. The second-order valence-corrected chi connectivity index (χ2v) is 4.85. The molecule has 0 bridgehead atoms. The van der Waals surface area contributed by atoms with Gasteiger partial charge in [0.25, 0.3) is 0 Å². The minimum atomic E-state index is -4.26. The maximum absolute atomic E-state index is 11.7. The molecule has 0 saturated carbocycles. The number of hydrogen-bond donors (Lipinski definition) is 1. The predicted molar refractivity (Wildman–Crippen MR) is 67.7 cm³/mol. The van der Waals surface area contributed by atoms with Crippen molar-refractivity contribution in [1.29, 1.82) is 0 Å². The number of rotatable bonds is 6. The van der Waals surface area contributed by atoms with Crippen molar-refractivity contribution in [3.8, 4) is 0 Å². The first-order valence-corrected chi connectivity index (χ1v) is 6.35. The van der Waals surface area contributed by atoms with E-state index < -0.39 is 12.8 Å². The molecule has 0 amide bonds. The van der Waals surface area contributed by atoms with Crippen LogP contribution in [0.25, 0.3) is 0 Å². The van der Waals surface area contributed by atoms with Crippen LogP contribution < -0.4 is 5.32 Å². The minimum absolute atomic E-state index is 0.0221. The molecule has 1 rings (SSSR count). The molecule has 0 heterocycles. The van der Waals surface area contributed by atoms with Gasteiger partial charge in [-0.15, -0.1) is 0 Å². The fraction of sp³-hybridized carbons (Fsp3) is 0.455. The van der Waals surface area contributed by atoms with Gasteiger partial charge in [0.05, 0.1) is 11.6 Å². The quantitative estimate of drug-likeness (QED) is 0.792. The molecule has 0 aliphatic heterocycles. The van der Waals surface area contributed by atoms with Crippen molar-refractivity contribution < 1.29 is 17.9 Å². The van der Waals surface area contributed by atoms with Gasteiger partial charge in [0, 0.05) is 17.6 Å². The van der Waals surface area contributed by atoms with Gasteiger partial charge in [0.15, 0.2) is 0 Å². The van der Waals surface area contributed by atoms with E-state index >= 15 is 0 Å². The van der Waals surface area contributed by atoms with Crippen molar-refractivity contribution in [1.82, 2.24) is 5.32 Å². The van der Waals surface area contributed by atoms with Crippen LogP contribution in [0.15, 0.2) is 22.7 Å². The Balaban J connectivity index is 2.16. The molecule has 18 heavy (non-hydrogen) atoms. The van der Waals surface area contributed by atoms with Crippen LogP contribution in [-0.4, -0.2) is 25.9 Å². The molecule has 1 aromatic carbocycles. The largest absolute Gasteiger partial charge is 0.411 e. The van der Waals surface area contributed by atoms with Crippen molar-refractivity contribution in [3.05, 3.63) is 33.3 Å². The van der Waals surface area contributed by atoms with E-state index in [2.05, 4.69) is 26.0 Å². The van der Waals surface area contributed by atoms with Crippen LogP contribution in [0.2, 0.25) is 5.02 Å². The first kappa shape index (κ1) is 15.8. The van der Waals surface area contributed by atoms with Gasteiger partial charge in [0.2, 0.25) is 0 Å². The monoisotopic (exact) mass is 345 g/mol. The molecule has 7 heteroatoms. The summed E-state index contributed by atoms with van der Waals surface area (Å²) >= 11 is 9.12. The summed E-state index contributed by atoms with van der Waals surface area (Å²) in [6.07, 6.45) is -4.26. The van der Waals surface area contributed by atoms with Gasteiger partial charge in [-0.1, -0.05) is 17.7 Å². The molecule has 0 unspecified atom stereocenters. The van der Waals surface area contributed by atoms with Crippen LogP contribution in [0.5, 0.6) is 0 Å². The fourth-order valence-corrected chi connectivity index (χ4v) is 1.76. The average Bonchev–Trinajstić information content (AvgIpc) is 2.26. The Bertz CT molecular complexity index is 387. The maximum Gasteiger partial charge on any atom is 0.411 e. The highest BCUT2D eigenvalue weighted by molar-refractivity contribution is 9.10. The van der Waals surface area contributed by atoms with E-state index in [9.17, 15) is 13.2 Å². The van der Waals surface area contributed by atoms with Crippen molar-refractivity contribution in [2.45, 2.75) is 12.7 Å². The molecule has 0 spiro atoms. The highest BCUT2D eigenvalue weighted by atomic mass is 79.9. The Morgan fingerprint density at radius 1 is 1.33 bits per heavy atom. The third-order valence-corrected chi connectivity index (χ3v) is 3.22. The van der Waals surface area contributed by atoms with Crippen molar-refractivity contribution in [3.63, 3.8) is 0 Å². The molecule has 0 aromatic heterocycles. The predicted octanol–water partition coefficient (Wildman–Crippen LogP) is 3.77. The molecule has 2 nitrogen and oxygen atoms in total. The lowest BCUT2D eigenvalue weighted by Crippen LogP contribution is -2.23. The van der Waals surface area contributed by atoms with Gasteiger partial charge in [-0.3, -0.25) is 0 Å². The van der Waals surface area contributed by atoms with Gasteiger partial charge < -0.3 is 10.1 Å². The Kier molecular flexibility index (Phi) is 6.42. The van der Waals surface area contributed by atoms with Gasteiger partial charge in [-0.25, -0.2) is 0 Å². The average molecular weight is 347 g/mol. The summed E-state index contributed by atoms with van der Waals surface area (Å²) in [7, 11) is 0. The van der Waals surface area contributed by atoms with E-state index in [1.165, 1.54) is 0 Å². The summed E-state index contributed by atoms with van der Waals surface area (Å²) in [6.45, 7) is -0.281. The minimum Gasteiger partial charge on any atom is -0.371 e. The number of benzene rings is 1. The highest BCUT2D eigenvalue weighted by Crippen LogP contribution is 2.23. The Labute approximate surface area is 117 Å². The maximum atomic E-state index is 11.7. The van der Waals surface area contributed by atoms with E-state index in [0.717, 1.165) is 10.0 Å². The van der Waals surface area contributed by atoms with E-state index in [-0.39, 0.29) is 6.61 Å². The topological polar surface area (TPSA) is 21.3 Å². The number of ether oxygens (including phenoxy) is 1. The second-order valence-electron chi connectivity index (χ2n) is 3.59. The number of halogens is 5. The summed E-state index contributed by atoms with van der Waals surface area (Å²) in [4.78, 5) is 0. The zero-order valence-electron chi connectivity index (χ0n) is 9.36. The highest BCUT2D eigenvalue weighted by Gasteiger charge is 2.27. The Morgan fingerprint density at radius 2 is 2.06 bits per heavy atom. The third-order valence-electron chi connectivity index (χ3n) is 2.00. The van der Waals surface area contributed by atoms with Crippen molar-refractivity contribution in [2.24, 2.45) is 0 Å². The molecule has 1 N–H and O–H groups in total. The molecule has 0 atom stereocenters. The zero-order valence-corrected chi connectivity index (χ0v) is 11.7. The smallest absolute Gasteiger partial charge is 0.371 e. The number of nitrogens with one attached hydrogen (secondary N) is 1. The van der Waals surface area contributed by atoms with Gasteiger partial charge in [-0.2, -0.15) is 13.2 Å². The fourth-order valence-electron chi connectivity index (χ4n) is 1.21. The summed E-state index contributed by atoms with van der Waals surface area (Å²) in [5, 5.41) is 3.60. The van der Waals surface area contributed by atoms with E-state index in [0.29, 0.717) is 18.1 Å². The van der Waals surface area contributed by atoms with Crippen LogP contribution in [0.1, 0.15) is 5.56 Å². The summed E-state index contributed by atoms with van der Waals surface area (Å²) in [5.41, 5.74) is 0.988. The number of hydrogen-bond acceptors (Lipinski definition) is 2. The van der Waals surface area contributed by atoms with Gasteiger partial charge in [0.1, 0.15) is 6.61 Å². The summed E-state index contributed by atoms with van der Waals surface area (Å²) in [5.74, 6) is 0. The van der Waals surface area contributed by atoms with Crippen LogP contribution in [0.4, 0.5) is 13.2 Å². The number of alkyl halides is 3. The second kappa shape index (κ2) is 7.33. The molecule has 0 radical (unpaired) electrons. The van der Waals surface area contributed by atoms with E-state index in [4.69, 9.17) is 11.6 Å². The lowest BCUT2D eigenvalue weighted by atomic mass is 10.2. The molecular formula is C11H12BrClF3NO. The van der Waals surface area contributed by atoms with Crippen LogP contribution in [-0.2, 0) is 11.3 Å². The van der Waals surface area contributed by atoms with E-state index in [1.807, 2.05) is 12.1 Å². The lowest BCUT2D eigenvalue weighted by Gasteiger charge is -2.09. The Morgan fingerprint density at radius 3 is 2.67 bits per heavy atom.